The molecule has 1 atom stereocenters. The average molecular weight is 405 g/mol. The van der Waals surface area contributed by atoms with Crippen molar-refractivity contribution in [2.24, 2.45) is 4.40 Å². The van der Waals surface area contributed by atoms with Gasteiger partial charge in [-0.1, -0.05) is 37.3 Å². The minimum atomic E-state index is -3.69. The molecule has 1 aromatic rings. The van der Waals surface area contributed by atoms with E-state index in [1.807, 2.05) is 43.9 Å². The molecule has 0 saturated carbocycles. The number of carbonyl (C=O) groups excluding carboxylic acids is 1. The number of amidine groups is 1. The van der Waals surface area contributed by atoms with Crippen molar-refractivity contribution < 1.29 is 13.2 Å². The van der Waals surface area contributed by atoms with Crippen LogP contribution in [0.5, 0.6) is 0 Å². The van der Waals surface area contributed by atoms with Gasteiger partial charge in [-0.25, -0.2) is 4.79 Å². The van der Waals surface area contributed by atoms with Crippen LogP contribution in [0.4, 0.5) is 4.79 Å². The largest absolute Gasteiger partial charge is 0.356 e. The van der Waals surface area contributed by atoms with Crippen molar-refractivity contribution >= 4 is 26.8 Å². The van der Waals surface area contributed by atoms with E-state index in [0.717, 1.165) is 19.3 Å². The fraction of sp³-hybridized carbons (Fsp3) is 0.500. The highest BCUT2D eigenvalue weighted by Crippen LogP contribution is 2.34. The predicted molar refractivity (Wildman–Crippen MR) is 111 cm³/mol. The Morgan fingerprint density at radius 2 is 1.89 bits per heavy atom. The molecule has 2 heterocycles. The van der Waals surface area contributed by atoms with Gasteiger partial charge in [-0.2, -0.15) is 8.42 Å². The number of nitrogens with one attached hydrogen (secondary N) is 2. The first-order chi connectivity index (χ1) is 13.3. The Bertz CT molecular complexity index is 885. The van der Waals surface area contributed by atoms with Crippen molar-refractivity contribution in [3.8, 4) is 0 Å². The van der Waals surface area contributed by atoms with Gasteiger partial charge in [0.2, 0.25) is 0 Å². The molecule has 2 N–H and O–H groups in total. The number of amides is 2. The van der Waals surface area contributed by atoms with Crippen LogP contribution in [0.2, 0.25) is 0 Å². The molecular weight excluding hydrogens is 376 g/mol. The molecule has 0 radical (unpaired) electrons. The summed E-state index contributed by atoms with van der Waals surface area (Å²) in [6.45, 7) is 7.12. The fourth-order valence-electron chi connectivity index (χ4n) is 3.56. The van der Waals surface area contributed by atoms with E-state index in [2.05, 4.69) is 15.0 Å². The molecule has 8 heteroatoms. The number of nitrogens with zero attached hydrogens (tertiary/aromatic N) is 2. The first-order valence-corrected chi connectivity index (χ1v) is 11.2. The quantitative estimate of drug-likeness (QED) is 0.807. The van der Waals surface area contributed by atoms with E-state index < -0.39 is 10.0 Å². The zero-order chi connectivity index (χ0) is 20.3. The van der Waals surface area contributed by atoms with Crippen molar-refractivity contribution in [2.45, 2.75) is 52.1 Å². The molecule has 28 heavy (non-hydrogen) atoms. The number of rotatable bonds is 4. The van der Waals surface area contributed by atoms with Crippen LogP contribution in [0.1, 0.15) is 45.6 Å². The highest BCUT2D eigenvalue weighted by Gasteiger charge is 2.34. The number of urea groups is 1. The Morgan fingerprint density at radius 3 is 2.50 bits per heavy atom. The lowest BCUT2D eigenvalue weighted by Gasteiger charge is -2.34. The Labute approximate surface area is 167 Å². The second-order valence-corrected chi connectivity index (χ2v) is 8.94. The zero-order valence-electron chi connectivity index (χ0n) is 16.6. The molecule has 1 unspecified atom stereocenters. The van der Waals surface area contributed by atoms with Crippen LogP contribution in [0.15, 0.2) is 40.3 Å². The topological polar surface area (TPSA) is 90.9 Å². The van der Waals surface area contributed by atoms with Gasteiger partial charge < -0.3 is 15.5 Å². The van der Waals surface area contributed by atoms with E-state index in [-0.39, 0.29) is 23.0 Å². The number of carbonyl (C=O) groups is 1. The molecule has 1 aromatic carbocycles. The van der Waals surface area contributed by atoms with Crippen molar-refractivity contribution in [3.05, 3.63) is 41.5 Å². The number of likely N-dealkylation sites (tertiary alicyclic amines) is 1. The van der Waals surface area contributed by atoms with E-state index in [0.29, 0.717) is 30.1 Å². The Hall–Kier alpha value is -2.35. The summed E-state index contributed by atoms with van der Waals surface area (Å²) in [6.07, 6.45) is 2.39. The van der Waals surface area contributed by atoms with E-state index in [9.17, 15) is 13.2 Å². The maximum Gasteiger partial charge on any atom is 0.315 e. The summed E-state index contributed by atoms with van der Waals surface area (Å²) < 4.78 is 29.3. The van der Waals surface area contributed by atoms with E-state index in [1.54, 1.807) is 12.1 Å². The molecule has 1 fully saturated rings. The first kappa shape index (κ1) is 20.4. The third-order valence-electron chi connectivity index (χ3n) is 5.30. The smallest absolute Gasteiger partial charge is 0.315 e. The summed E-state index contributed by atoms with van der Waals surface area (Å²) in [5.74, 6) is 0.529. The molecule has 2 aliphatic rings. The highest BCUT2D eigenvalue weighted by molar-refractivity contribution is 8.00. The van der Waals surface area contributed by atoms with Gasteiger partial charge in [0.05, 0.1) is 0 Å². The number of piperidine rings is 1. The third kappa shape index (κ3) is 4.38. The van der Waals surface area contributed by atoms with Crippen LogP contribution in [0.3, 0.4) is 0 Å². The van der Waals surface area contributed by atoms with Gasteiger partial charge in [0.1, 0.15) is 10.7 Å². The van der Waals surface area contributed by atoms with Gasteiger partial charge in [0.25, 0.3) is 10.0 Å². The molecule has 2 aliphatic heterocycles. The van der Waals surface area contributed by atoms with Gasteiger partial charge in [-0.15, -0.1) is 4.40 Å². The summed E-state index contributed by atoms with van der Waals surface area (Å²) in [7, 11) is -3.69. The van der Waals surface area contributed by atoms with Crippen molar-refractivity contribution in [3.63, 3.8) is 0 Å². The maximum absolute atomic E-state index is 12.6. The summed E-state index contributed by atoms with van der Waals surface area (Å²) >= 11 is 0. The molecule has 0 aromatic heterocycles. The average Bonchev–Trinajstić information content (AvgIpc) is 2.91. The molecule has 7 nitrogen and oxygen atoms in total. The molecular formula is C20H28N4O3S. The second-order valence-electron chi connectivity index (χ2n) is 7.40. The van der Waals surface area contributed by atoms with Crippen LogP contribution in [0, 0.1) is 0 Å². The van der Waals surface area contributed by atoms with E-state index in [4.69, 9.17) is 0 Å². The Kier molecular flexibility index (Phi) is 6.07. The van der Waals surface area contributed by atoms with Gasteiger partial charge in [-0.05, 0) is 38.7 Å². The molecule has 1 saturated heterocycles. The van der Waals surface area contributed by atoms with E-state index >= 15 is 0 Å². The zero-order valence-corrected chi connectivity index (χ0v) is 17.4. The Morgan fingerprint density at radius 1 is 1.25 bits per heavy atom. The molecule has 0 spiro atoms. The molecule has 0 bridgehead atoms. The highest BCUT2D eigenvalue weighted by atomic mass is 32.2. The van der Waals surface area contributed by atoms with Crippen LogP contribution in [-0.4, -0.2) is 50.4 Å². The maximum atomic E-state index is 12.6. The standard InChI is InChI=1S/C20H28N4O3S/c1-4-14(2)21-20(25)22-17-10-12-24(13-11-17)19-15(3)18(28(26,27)23-19)16-8-6-5-7-9-16/h5-9,14,17H,4,10-13H2,1-3H3,(H2,21,22,25). The van der Waals surface area contributed by atoms with Crippen molar-refractivity contribution in [1.82, 2.24) is 15.5 Å². The molecule has 2 amide bonds. The minimum absolute atomic E-state index is 0.0804. The predicted octanol–water partition coefficient (Wildman–Crippen LogP) is 2.72. The molecule has 152 valence electrons. The van der Waals surface area contributed by atoms with Gasteiger partial charge in [0, 0.05) is 30.7 Å². The molecule has 0 aliphatic carbocycles. The first-order valence-electron chi connectivity index (χ1n) is 9.75. The monoisotopic (exact) mass is 404 g/mol. The normalized spacial score (nSPS) is 20.7. The Balaban J connectivity index is 1.66. The van der Waals surface area contributed by atoms with Crippen molar-refractivity contribution in [1.29, 1.82) is 0 Å². The number of hydrogen-bond donors (Lipinski definition) is 2. The fourth-order valence-corrected chi connectivity index (χ4v) is 5.04. The summed E-state index contributed by atoms with van der Waals surface area (Å²) in [5, 5.41) is 5.92. The summed E-state index contributed by atoms with van der Waals surface area (Å²) in [5.41, 5.74) is 1.35. The van der Waals surface area contributed by atoms with E-state index in [1.165, 1.54) is 0 Å². The third-order valence-corrected chi connectivity index (χ3v) is 6.77. The SMILES string of the molecule is CCC(C)NC(=O)NC1CCN(C2=NS(=O)(=O)C(c3ccccc3)=C2C)CC1. The summed E-state index contributed by atoms with van der Waals surface area (Å²) in [6, 6.07) is 9.17. The van der Waals surface area contributed by atoms with Gasteiger partial charge in [-0.3, -0.25) is 0 Å². The number of sulfonamides is 1. The van der Waals surface area contributed by atoms with Crippen LogP contribution in [0.25, 0.3) is 4.91 Å². The lowest BCUT2D eigenvalue weighted by atomic mass is 10.0. The summed E-state index contributed by atoms with van der Waals surface area (Å²) in [4.78, 5) is 14.3. The lowest BCUT2D eigenvalue weighted by molar-refractivity contribution is 0.223. The van der Waals surface area contributed by atoms with Crippen LogP contribution >= 0.6 is 0 Å². The van der Waals surface area contributed by atoms with Gasteiger partial charge in [0.15, 0.2) is 0 Å². The minimum Gasteiger partial charge on any atom is -0.356 e. The van der Waals surface area contributed by atoms with Crippen LogP contribution in [-0.2, 0) is 10.0 Å². The number of hydrogen-bond acceptors (Lipinski definition) is 4. The van der Waals surface area contributed by atoms with Crippen LogP contribution < -0.4 is 10.6 Å². The number of benzene rings is 1. The van der Waals surface area contributed by atoms with Gasteiger partial charge >= 0.3 is 6.03 Å². The molecule has 3 rings (SSSR count). The second kappa shape index (κ2) is 8.34. The lowest BCUT2D eigenvalue weighted by Crippen LogP contribution is -2.50. The van der Waals surface area contributed by atoms with Crippen molar-refractivity contribution in [2.75, 3.05) is 13.1 Å².